The van der Waals surface area contributed by atoms with Crippen molar-refractivity contribution in [3.63, 3.8) is 0 Å². The number of piperazine rings is 1. The van der Waals surface area contributed by atoms with Crippen LogP contribution in [-0.4, -0.2) is 84.9 Å². The van der Waals surface area contributed by atoms with Crippen LogP contribution in [0.3, 0.4) is 0 Å². The Kier molecular flexibility index (Phi) is 7.64. The van der Waals surface area contributed by atoms with Gasteiger partial charge in [-0.1, -0.05) is 5.16 Å². The van der Waals surface area contributed by atoms with Gasteiger partial charge in [0.05, 0.1) is 27.4 Å². The fourth-order valence-corrected chi connectivity index (χ4v) is 5.22. The number of aromatic nitrogens is 3. The molecule has 0 spiro atoms. The van der Waals surface area contributed by atoms with Gasteiger partial charge in [0.1, 0.15) is 5.82 Å². The summed E-state index contributed by atoms with van der Waals surface area (Å²) in [4.78, 5) is 27.3. The van der Waals surface area contributed by atoms with Gasteiger partial charge in [0.2, 0.25) is 23.4 Å². The van der Waals surface area contributed by atoms with Gasteiger partial charge in [-0.3, -0.25) is 9.69 Å². The van der Waals surface area contributed by atoms with Crippen molar-refractivity contribution in [1.29, 1.82) is 0 Å². The number of ether oxygens (including phenoxy) is 3. The quantitative estimate of drug-likeness (QED) is 0.438. The van der Waals surface area contributed by atoms with Crippen molar-refractivity contribution in [3.05, 3.63) is 41.9 Å². The summed E-state index contributed by atoms with van der Waals surface area (Å²) >= 11 is 0. The van der Waals surface area contributed by atoms with Gasteiger partial charge in [0.15, 0.2) is 11.5 Å². The van der Waals surface area contributed by atoms with Crippen LogP contribution >= 0.6 is 0 Å². The summed E-state index contributed by atoms with van der Waals surface area (Å²) in [6.07, 6.45) is 3.75. The molecule has 0 N–H and O–H groups in total. The molecule has 2 aliphatic rings. The van der Waals surface area contributed by atoms with Crippen molar-refractivity contribution in [2.75, 3.05) is 59.0 Å². The molecule has 0 unspecified atom stereocenters. The van der Waals surface area contributed by atoms with Crippen molar-refractivity contribution in [1.82, 2.24) is 24.9 Å². The van der Waals surface area contributed by atoms with Gasteiger partial charge in [0.25, 0.3) is 0 Å². The van der Waals surface area contributed by atoms with E-state index in [0.717, 1.165) is 49.4 Å². The monoisotopic (exact) mass is 522 g/mol. The third-order valence-electron chi connectivity index (χ3n) is 7.25. The number of anilines is 1. The number of benzene rings is 1. The molecule has 2 fully saturated rings. The van der Waals surface area contributed by atoms with Crippen LogP contribution in [0.15, 0.2) is 35.0 Å². The molecule has 2 aromatic heterocycles. The Morgan fingerprint density at radius 2 is 1.76 bits per heavy atom. The van der Waals surface area contributed by atoms with Crippen molar-refractivity contribution in [2.24, 2.45) is 0 Å². The minimum atomic E-state index is 0.0244. The van der Waals surface area contributed by atoms with Crippen molar-refractivity contribution in [3.8, 4) is 28.6 Å². The van der Waals surface area contributed by atoms with Gasteiger partial charge in [-0.25, -0.2) is 4.98 Å². The molecule has 1 amide bonds. The highest BCUT2D eigenvalue weighted by Crippen LogP contribution is 2.40. The van der Waals surface area contributed by atoms with Gasteiger partial charge in [-0.2, -0.15) is 4.98 Å². The fraction of sp³-hybridized carbons (Fsp3) is 0.481. The Bertz CT molecular complexity index is 1250. The highest BCUT2D eigenvalue weighted by atomic mass is 16.5. The number of rotatable bonds is 8. The molecule has 4 heterocycles. The Morgan fingerprint density at radius 1 is 1.03 bits per heavy atom. The molecule has 1 atom stereocenters. The largest absolute Gasteiger partial charge is 0.493 e. The lowest BCUT2D eigenvalue weighted by molar-refractivity contribution is -0.129. The number of carbonyl (C=O) groups is 1. The molecule has 202 valence electrons. The number of amides is 1. The van der Waals surface area contributed by atoms with Crippen molar-refractivity contribution < 1.29 is 23.5 Å². The van der Waals surface area contributed by atoms with Crippen LogP contribution in [0, 0.1) is 0 Å². The first-order valence-corrected chi connectivity index (χ1v) is 12.8. The van der Waals surface area contributed by atoms with Crippen LogP contribution in [0.4, 0.5) is 5.82 Å². The second kappa shape index (κ2) is 11.3. The Balaban J connectivity index is 1.31. The first-order chi connectivity index (χ1) is 18.5. The van der Waals surface area contributed by atoms with E-state index in [4.69, 9.17) is 23.7 Å². The molecule has 0 bridgehead atoms. The number of likely N-dealkylation sites (tertiary alicyclic amines) is 1. The zero-order valence-corrected chi connectivity index (χ0v) is 22.3. The van der Waals surface area contributed by atoms with Gasteiger partial charge >= 0.3 is 0 Å². The topological polar surface area (TPSA) is 106 Å². The number of hydrogen-bond acceptors (Lipinski definition) is 10. The maximum atomic E-state index is 11.6. The molecular weight excluding hydrogens is 488 g/mol. The third-order valence-corrected chi connectivity index (χ3v) is 7.25. The van der Waals surface area contributed by atoms with E-state index >= 15 is 0 Å². The SMILES string of the molecule is COc1cc(CN2CCC[C@H]2c2nc(-c3ccnc(N4CCN(C(C)=O)CC4)c3)no2)cc(OC)c1OC. The number of pyridine rings is 1. The van der Waals surface area contributed by atoms with Crippen LogP contribution in [-0.2, 0) is 11.3 Å². The van der Waals surface area contributed by atoms with E-state index in [1.807, 2.05) is 29.2 Å². The van der Waals surface area contributed by atoms with E-state index in [1.165, 1.54) is 0 Å². The average Bonchev–Trinajstić information content (AvgIpc) is 3.62. The highest BCUT2D eigenvalue weighted by molar-refractivity contribution is 5.73. The maximum Gasteiger partial charge on any atom is 0.244 e. The molecule has 0 radical (unpaired) electrons. The summed E-state index contributed by atoms with van der Waals surface area (Å²) in [7, 11) is 4.84. The summed E-state index contributed by atoms with van der Waals surface area (Å²) in [5, 5.41) is 4.30. The first-order valence-electron chi connectivity index (χ1n) is 12.8. The summed E-state index contributed by atoms with van der Waals surface area (Å²) in [5.41, 5.74) is 1.91. The smallest absolute Gasteiger partial charge is 0.244 e. The van der Waals surface area contributed by atoms with Crippen molar-refractivity contribution in [2.45, 2.75) is 32.4 Å². The average molecular weight is 523 g/mol. The predicted octanol–water partition coefficient (Wildman–Crippen LogP) is 3.16. The van der Waals surface area contributed by atoms with E-state index < -0.39 is 0 Å². The van der Waals surface area contributed by atoms with Crippen molar-refractivity contribution >= 4 is 11.7 Å². The van der Waals surface area contributed by atoms with Crippen LogP contribution in [0.1, 0.15) is 37.3 Å². The number of methoxy groups -OCH3 is 3. The van der Waals surface area contributed by atoms with E-state index in [0.29, 0.717) is 48.6 Å². The third kappa shape index (κ3) is 5.24. The normalized spacial score (nSPS) is 18.1. The van der Waals surface area contributed by atoms with Crippen LogP contribution in [0.2, 0.25) is 0 Å². The molecule has 5 rings (SSSR count). The Labute approximate surface area is 222 Å². The summed E-state index contributed by atoms with van der Waals surface area (Å²) in [6, 6.07) is 7.86. The fourth-order valence-electron chi connectivity index (χ4n) is 5.22. The highest BCUT2D eigenvalue weighted by Gasteiger charge is 2.31. The minimum absolute atomic E-state index is 0.0244. The number of nitrogens with zero attached hydrogens (tertiary/aromatic N) is 6. The zero-order chi connectivity index (χ0) is 26.6. The lowest BCUT2D eigenvalue weighted by atomic mass is 10.1. The molecule has 1 aromatic carbocycles. The maximum absolute atomic E-state index is 11.6. The molecule has 2 aliphatic heterocycles. The van der Waals surface area contributed by atoms with E-state index in [9.17, 15) is 4.79 Å². The summed E-state index contributed by atoms with van der Waals surface area (Å²) in [5.74, 6) is 3.96. The molecule has 2 saturated heterocycles. The standard InChI is InChI=1S/C27H34N6O5/c1-18(34)31-10-12-32(13-11-31)24-16-20(7-8-28-24)26-29-27(38-30-26)21-6-5-9-33(21)17-19-14-22(35-2)25(37-4)23(15-19)36-3/h7-8,14-16,21H,5-6,9-13,17H2,1-4H3/t21-/m0/s1. The molecule has 3 aromatic rings. The second-order valence-electron chi connectivity index (χ2n) is 9.51. The molecule has 11 nitrogen and oxygen atoms in total. The number of carbonyl (C=O) groups excluding carboxylic acids is 1. The molecule has 38 heavy (non-hydrogen) atoms. The lowest BCUT2D eigenvalue weighted by Gasteiger charge is -2.34. The Hall–Kier alpha value is -3.86. The van der Waals surface area contributed by atoms with Crippen LogP contribution in [0.25, 0.3) is 11.4 Å². The van der Waals surface area contributed by atoms with Gasteiger partial charge in [-0.05, 0) is 49.2 Å². The van der Waals surface area contributed by atoms with E-state index in [1.54, 1.807) is 34.4 Å². The first kappa shape index (κ1) is 25.8. The number of hydrogen-bond donors (Lipinski definition) is 0. The van der Waals surface area contributed by atoms with E-state index in [-0.39, 0.29) is 11.9 Å². The summed E-state index contributed by atoms with van der Waals surface area (Å²) in [6.45, 7) is 6.08. The van der Waals surface area contributed by atoms with Gasteiger partial charge in [0, 0.05) is 51.4 Å². The van der Waals surface area contributed by atoms with Gasteiger partial charge < -0.3 is 28.5 Å². The van der Waals surface area contributed by atoms with E-state index in [2.05, 4.69) is 19.9 Å². The second-order valence-corrected chi connectivity index (χ2v) is 9.51. The lowest BCUT2D eigenvalue weighted by Crippen LogP contribution is -2.48. The Morgan fingerprint density at radius 3 is 2.42 bits per heavy atom. The summed E-state index contributed by atoms with van der Waals surface area (Å²) < 4.78 is 22.3. The molecule has 11 heteroatoms. The minimum Gasteiger partial charge on any atom is -0.493 e. The van der Waals surface area contributed by atoms with Crippen LogP contribution < -0.4 is 19.1 Å². The predicted molar refractivity (Wildman–Crippen MR) is 140 cm³/mol. The molecule has 0 saturated carbocycles. The van der Waals surface area contributed by atoms with Crippen LogP contribution in [0.5, 0.6) is 17.2 Å². The molecule has 0 aliphatic carbocycles. The molecular formula is C27H34N6O5. The zero-order valence-electron chi connectivity index (χ0n) is 22.3. The van der Waals surface area contributed by atoms with Gasteiger partial charge in [-0.15, -0.1) is 0 Å².